The summed E-state index contributed by atoms with van der Waals surface area (Å²) in [6, 6.07) is 10.5. The second-order valence-corrected chi connectivity index (χ2v) is 6.14. The Morgan fingerprint density at radius 3 is 2.76 bits per heavy atom. The molecule has 3 nitrogen and oxygen atoms in total. The lowest BCUT2D eigenvalue weighted by Gasteiger charge is -2.08. The maximum Gasteiger partial charge on any atom is 0.206 e. The largest absolute Gasteiger partial charge is 0.360 e. The second kappa shape index (κ2) is 6.02. The van der Waals surface area contributed by atoms with Crippen molar-refractivity contribution in [3.63, 3.8) is 0 Å². The third-order valence-electron chi connectivity index (χ3n) is 2.28. The van der Waals surface area contributed by atoms with Crippen LogP contribution in [0.4, 0.5) is 5.13 Å². The van der Waals surface area contributed by atoms with Gasteiger partial charge in [-0.1, -0.05) is 53.4 Å². The van der Waals surface area contributed by atoms with E-state index in [-0.39, 0.29) is 0 Å². The zero-order chi connectivity index (χ0) is 12.1. The summed E-state index contributed by atoms with van der Waals surface area (Å²) in [6.07, 6.45) is 0. The Bertz CT molecular complexity index is 456. The number of hydrogen-bond donors (Lipinski definition) is 1. The molecule has 0 saturated carbocycles. The van der Waals surface area contributed by atoms with Crippen molar-refractivity contribution in [3.05, 3.63) is 35.9 Å². The average Bonchev–Trinajstić information content (AvgIpc) is 2.78. The number of nitrogens with zero attached hydrogens (tertiary/aromatic N) is 2. The van der Waals surface area contributed by atoms with Crippen LogP contribution in [0.25, 0.3) is 0 Å². The Morgan fingerprint density at radius 2 is 2.06 bits per heavy atom. The van der Waals surface area contributed by atoms with Crippen LogP contribution in [0.3, 0.4) is 0 Å². The zero-order valence-corrected chi connectivity index (χ0v) is 11.5. The molecule has 0 bridgehead atoms. The molecule has 0 amide bonds. The van der Waals surface area contributed by atoms with Crippen LogP contribution >= 0.6 is 23.1 Å². The van der Waals surface area contributed by atoms with Crippen molar-refractivity contribution in [3.8, 4) is 0 Å². The predicted molar refractivity (Wildman–Crippen MR) is 74.8 cm³/mol. The van der Waals surface area contributed by atoms with Crippen molar-refractivity contribution in [2.24, 2.45) is 0 Å². The van der Waals surface area contributed by atoms with Gasteiger partial charge in [0.15, 0.2) is 4.34 Å². The Balaban J connectivity index is 2.00. The monoisotopic (exact) mass is 265 g/mol. The highest BCUT2D eigenvalue weighted by Gasteiger charge is 2.10. The van der Waals surface area contributed by atoms with Gasteiger partial charge in [-0.3, -0.25) is 0 Å². The summed E-state index contributed by atoms with van der Waals surface area (Å²) in [5, 5.41) is 12.7. The summed E-state index contributed by atoms with van der Waals surface area (Å²) < 4.78 is 1.01. The number of benzene rings is 1. The second-order valence-electron chi connectivity index (χ2n) is 3.57. The van der Waals surface area contributed by atoms with E-state index >= 15 is 0 Å². The van der Waals surface area contributed by atoms with Gasteiger partial charge in [0.2, 0.25) is 5.13 Å². The third-order valence-corrected chi connectivity index (χ3v) is 4.40. The van der Waals surface area contributed by atoms with Gasteiger partial charge >= 0.3 is 0 Å². The Kier molecular flexibility index (Phi) is 4.39. The summed E-state index contributed by atoms with van der Waals surface area (Å²) in [5.74, 6) is 0. The summed E-state index contributed by atoms with van der Waals surface area (Å²) in [6.45, 7) is 5.13. The van der Waals surface area contributed by atoms with Gasteiger partial charge in [-0.15, -0.1) is 10.2 Å². The molecule has 2 aromatic rings. The van der Waals surface area contributed by atoms with Gasteiger partial charge in [-0.25, -0.2) is 0 Å². The maximum atomic E-state index is 4.17. The summed E-state index contributed by atoms with van der Waals surface area (Å²) in [7, 11) is 0. The molecule has 90 valence electrons. The molecule has 0 spiro atoms. The van der Waals surface area contributed by atoms with E-state index in [2.05, 4.69) is 53.6 Å². The number of rotatable bonds is 5. The highest BCUT2D eigenvalue weighted by molar-refractivity contribution is 8.01. The molecule has 1 aromatic carbocycles. The van der Waals surface area contributed by atoms with Gasteiger partial charge in [-0.05, 0) is 19.4 Å². The minimum Gasteiger partial charge on any atom is -0.360 e. The lowest BCUT2D eigenvalue weighted by molar-refractivity contribution is 0.992. The molecule has 0 fully saturated rings. The van der Waals surface area contributed by atoms with Crippen LogP contribution in [-0.2, 0) is 0 Å². The fourth-order valence-electron chi connectivity index (χ4n) is 1.42. The highest BCUT2D eigenvalue weighted by atomic mass is 32.2. The van der Waals surface area contributed by atoms with Crippen molar-refractivity contribution < 1.29 is 0 Å². The van der Waals surface area contributed by atoms with Crippen molar-refractivity contribution in [1.82, 2.24) is 10.2 Å². The summed E-state index contributed by atoms with van der Waals surface area (Å²) in [4.78, 5) is 0. The van der Waals surface area contributed by atoms with E-state index < -0.39 is 0 Å². The normalized spacial score (nSPS) is 12.4. The Labute approximate surface area is 110 Å². The Hall–Kier alpha value is -1.07. The molecule has 5 heteroatoms. The fourth-order valence-corrected chi connectivity index (χ4v) is 3.51. The minimum absolute atomic E-state index is 0.402. The van der Waals surface area contributed by atoms with Gasteiger partial charge < -0.3 is 5.32 Å². The third kappa shape index (κ3) is 3.44. The van der Waals surface area contributed by atoms with Crippen LogP contribution < -0.4 is 5.32 Å². The quantitative estimate of drug-likeness (QED) is 0.834. The molecule has 0 radical (unpaired) electrons. The van der Waals surface area contributed by atoms with Crippen molar-refractivity contribution >= 4 is 28.2 Å². The maximum absolute atomic E-state index is 4.17. The fraction of sp³-hybridized carbons (Fsp3) is 0.333. The van der Waals surface area contributed by atoms with Crippen LogP contribution in [0.1, 0.15) is 24.7 Å². The molecular weight excluding hydrogens is 250 g/mol. The molecule has 0 aliphatic heterocycles. The number of nitrogens with one attached hydrogen (secondary N) is 1. The predicted octanol–water partition coefficient (Wildman–Crippen LogP) is 3.82. The molecule has 0 aliphatic rings. The molecule has 1 heterocycles. The van der Waals surface area contributed by atoms with Gasteiger partial charge in [0.1, 0.15) is 0 Å². The highest BCUT2D eigenvalue weighted by Crippen LogP contribution is 2.36. The standard InChI is InChI=1S/C12H15N3S2/c1-3-13-11-14-15-12(17-11)16-9(2)10-7-5-4-6-8-10/h4-9H,3H2,1-2H3,(H,13,14). The van der Waals surface area contributed by atoms with E-state index in [4.69, 9.17) is 0 Å². The number of anilines is 1. The average molecular weight is 265 g/mol. The first-order valence-electron chi connectivity index (χ1n) is 5.58. The number of aromatic nitrogens is 2. The van der Waals surface area contributed by atoms with Gasteiger partial charge in [0.05, 0.1) is 0 Å². The Morgan fingerprint density at radius 1 is 1.29 bits per heavy atom. The first-order valence-corrected chi connectivity index (χ1v) is 7.28. The molecule has 2 rings (SSSR count). The molecular formula is C12H15N3S2. The molecule has 1 N–H and O–H groups in total. The lowest BCUT2D eigenvalue weighted by Crippen LogP contribution is -1.94. The van der Waals surface area contributed by atoms with Crippen LogP contribution in [0.5, 0.6) is 0 Å². The molecule has 1 atom stereocenters. The van der Waals surface area contributed by atoms with Gasteiger partial charge in [-0.2, -0.15) is 0 Å². The van der Waals surface area contributed by atoms with Crippen molar-refractivity contribution in [1.29, 1.82) is 0 Å². The van der Waals surface area contributed by atoms with E-state index in [0.717, 1.165) is 16.0 Å². The first kappa shape index (κ1) is 12.4. The van der Waals surface area contributed by atoms with Gasteiger partial charge in [0, 0.05) is 11.8 Å². The SMILES string of the molecule is CCNc1nnc(SC(C)c2ccccc2)s1. The van der Waals surface area contributed by atoms with Crippen LogP contribution in [0, 0.1) is 0 Å². The minimum atomic E-state index is 0.402. The molecule has 1 aromatic heterocycles. The summed E-state index contributed by atoms with van der Waals surface area (Å²) >= 11 is 3.36. The molecule has 1 unspecified atom stereocenters. The van der Waals surface area contributed by atoms with E-state index in [9.17, 15) is 0 Å². The molecule has 0 aliphatic carbocycles. The van der Waals surface area contributed by atoms with Crippen LogP contribution in [0.15, 0.2) is 34.7 Å². The van der Waals surface area contributed by atoms with Crippen molar-refractivity contribution in [2.75, 3.05) is 11.9 Å². The van der Waals surface area contributed by atoms with Crippen molar-refractivity contribution in [2.45, 2.75) is 23.4 Å². The first-order chi connectivity index (χ1) is 8.29. The lowest BCUT2D eigenvalue weighted by atomic mass is 10.2. The van der Waals surface area contributed by atoms with E-state index in [1.807, 2.05) is 6.07 Å². The number of thioether (sulfide) groups is 1. The molecule has 0 saturated heterocycles. The van der Waals surface area contributed by atoms with E-state index in [1.165, 1.54) is 5.56 Å². The molecule has 17 heavy (non-hydrogen) atoms. The number of hydrogen-bond acceptors (Lipinski definition) is 5. The van der Waals surface area contributed by atoms with Crippen LogP contribution in [-0.4, -0.2) is 16.7 Å². The van der Waals surface area contributed by atoms with E-state index in [0.29, 0.717) is 5.25 Å². The smallest absolute Gasteiger partial charge is 0.206 e. The topological polar surface area (TPSA) is 37.8 Å². The zero-order valence-electron chi connectivity index (χ0n) is 9.88. The summed E-state index contributed by atoms with van der Waals surface area (Å²) in [5.41, 5.74) is 1.32. The van der Waals surface area contributed by atoms with Gasteiger partial charge in [0.25, 0.3) is 0 Å². The van der Waals surface area contributed by atoms with E-state index in [1.54, 1.807) is 23.1 Å². The van der Waals surface area contributed by atoms with Crippen LogP contribution in [0.2, 0.25) is 0 Å².